The predicted octanol–water partition coefficient (Wildman–Crippen LogP) is 4.57. The third kappa shape index (κ3) is 11.6. The second kappa shape index (κ2) is 19.5. The zero-order chi connectivity index (χ0) is 35.7. The van der Waals surface area contributed by atoms with Gasteiger partial charge in [-0.3, -0.25) is 0 Å². The Labute approximate surface area is 295 Å². The minimum absolute atomic E-state index is 0.0690. The number of nitrogens with one attached hydrogen (secondary N) is 4. The lowest BCUT2D eigenvalue weighted by Gasteiger charge is -2.20. The summed E-state index contributed by atoms with van der Waals surface area (Å²) in [5.74, 6) is 3.45. The Bertz CT molecular complexity index is 1650. The second-order valence-corrected chi connectivity index (χ2v) is 11.6. The smallest absolute Gasteiger partial charge is 0.231 e. The first-order chi connectivity index (χ1) is 24.3. The van der Waals surface area contributed by atoms with E-state index in [9.17, 15) is 0 Å². The third-order valence-electron chi connectivity index (χ3n) is 7.93. The average molecular weight is 684 g/mol. The maximum Gasteiger partial charge on any atom is 0.231 e. The number of anilines is 6. The highest BCUT2D eigenvalue weighted by atomic mass is 15.3. The monoisotopic (exact) mass is 683 g/mol. The summed E-state index contributed by atoms with van der Waals surface area (Å²) in [6.07, 6.45) is 2.14. The number of aliphatic imine (C=N–C) groups is 1. The number of rotatable bonds is 21. The molecule has 0 aliphatic rings. The minimum Gasteiger partial charge on any atom is -0.370 e. The van der Waals surface area contributed by atoms with E-state index < -0.39 is 0 Å². The Hall–Kier alpha value is -5.47. The van der Waals surface area contributed by atoms with Gasteiger partial charge in [0.15, 0.2) is 5.96 Å². The first kappa shape index (κ1) is 37.4. The van der Waals surface area contributed by atoms with E-state index in [-0.39, 0.29) is 5.96 Å². The van der Waals surface area contributed by atoms with E-state index in [0.717, 1.165) is 67.8 Å². The van der Waals surface area contributed by atoms with E-state index in [1.165, 1.54) is 0 Å². The van der Waals surface area contributed by atoms with E-state index in [1.807, 2.05) is 24.3 Å². The highest BCUT2D eigenvalue weighted by Gasteiger charge is 2.13. The Balaban J connectivity index is 1.44. The second-order valence-electron chi connectivity index (χ2n) is 11.6. The molecule has 0 amide bonds. The molecule has 8 N–H and O–H groups in total. The Morgan fingerprint density at radius 1 is 0.580 bits per heavy atom. The van der Waals surface area contributed by atoms with Crippen LogP contribution in [0.25, 0.3) is 0 Å². The molecule has 268 valence electrons. The van der Waals surface area contributed by atoms with Gasteiger partial charge in [-0.15, -0.1) is 0 Å². The van der Waals surface area contributed by atoms with Crippen LogP contribution in [-0.4, -0.2) is 68.6 Å². The lowest BCUT2D eigenvalue weighted by Crippen LogP contribution is -2.25. The van der Waals surface area contributed by atoms with E-state index in [2.05, 4.69) is 105 Å². The van der Waals surface area contributed by atoms with Gasteiger partial charge in [-0.25, -0.2) is 4.99 Å². The molecule has 0 saturated carbocycles. The normalized spacial score (nSPS) is 10.7. The molecule has 4 aromatic rings. The highest BCUT2D eigenvalue weighted by Crippen LogP contribution is 2.18. The van der Waals surface area contributed by atoms with Crippen LogP contribution >= 0.6 is 0 Å². The first-order valence-electron chi connectivity index (χ1n) is 17.5. The van der Waals surface area contributed by atoms with Crippen molar-refractivity contribution in [2.45, 2.75) is 73.6 Å². The van der Waals surface area contributed by atoms with Crippen LogP contribution in [0, 0.1) is 0 Å². The summed E-state index contributed by atoms with van der Waals surface area (Å²) in [5.41, 5.74) is 15.3. The lowest BCUT2D eigenvalue weighted by molar-refractivity contribution is 0.799. The maximum absolute atomic E-state index is 5.50. The van der Waals surface area contributed by atoms with Crippen molar-refractivity contribution in [1.29, 1.82) is 0 Å². The van der Waals surface area contributed by atoms with Gasteiger partial charge in [0.25, 0.3) is 0 Å². The molecule has 0 aliphatic heterocycles. The van der Waals surface area contributed by atoms with Crippen LogP contribution < -0.4 is 42.5 Å². The molecule has 0 atom stereocenters. The van der Waals surface area contributed by atoms with Gasteiger partial charge in [-0.1, -0.05) is 61.9 Å². The van der Waals surface area contributed by atoms with Crippen molar-refractivity contribution < 1.29 is 0 Å². The highest BCUT2D eigenvalue weighted by molar-refractivity contribution is 5.75. The standard InChI is InChI=1S/C35H53N15/c1-6-11-18-38-30-43-31(46-34(45-30)49(7-2)8-3)40-23-27-16-13-17-28(20-27)24-42-33-44-32(47-35(48-33)50(9-4)10-5)41-22-26-15-12-14-25(19-26)21-39-29(36)37/h12-17,19-20H,6-11,18,21-24H2,1-5H3,(H4,36,37,39)(H2,38,40,43,45,46)(H2,41,42,44,47,48). The molecule has 2 heterocycles. The van der Waals surface area contributed by atoms with Gasteiger partial charge in [0.05, 0.1) is 6.54 Å². The minimum atomic E-state index is 0.0690. The van der Waals surface area contributed by atoms with Crippen LogP contribution in [0.1, 0.15) is 69.7 Å². The van der Waals surface area contributed by atoms with Gasteiger partial charge in [-0.2, -0.15) is 29.9 Å². The molecule has 4 rings (SSSR count). The largest absolute Gasteiger partial charge is 0.370 e. The molecule has 0 unspecified atom stereocenters. The molecular formula is C35H53N15. The van der Waals surface area contributed by atoms with E-state index >= 15 is 0 Å². The van der Waals surface area contributed by atoms with Gasteiger partial charge in [0.1, 0.15) is 0 Å². The van der Waals surface area contributed by atoms with Crippen LogP contribution in [0.5, 0.6) is 0 Å². The van der Waals surface area contributed by atoms with Crippen molar-refractivity contribution in [2.75, 3.05) is 63.8 Å². The third-order valence-corrected chi connectivity index (χ3v) is 7.93. The first-order valence-corrected chi connectivity index (χ1v) is 17.5. The van der Waals surface area contributed by atoms with Gasteiger partial charge in [-0.05, 0) is 56.4 Å². The summed E-state index contributed by atoms with van der Waals surface area (Å²) >= 11 is 0. The van der Waals surface area contributed by atoms with E-state index in [4.69, 9.17) is 31.4 Å². The van der Waals surface area contributed by atoms with Gasteiger partial charge in [0, 0.05) is 52.4 Å². The van der Waals surface area contributed by atoms with Crippen molar-refractivity contribution >= 4 is 41.6 Å². The number of nitrogens with zero attached hydrogens (tertiary/aromatic N) is 9. The van der Waals surface area contributed by atoms with Crippen LogP contribution in [0.3, 0.4) is 0 Å². The predicted molar refractivity (Wildman–Crippen MR) is 205 cm³/mol. The summed E-state index contributed by atoms with van der Waals surface area (Å²) in [6, 6.07) is 16.4. The topological polar surface area (TPSA) is 196 Å². The van der Waals surface area contributed by atoms with Crippen molar-refractivity contribution in [3.63, 3.8) is 0 Å². The molecule has 0 fully saturated rings. The van der Waals surface area contributed by atoms with Crippen LogP contribution in [-0.2, 0) is 26.2 Å². The number of hydrogen-bond donors (Lipinski definition) is 6. The van der Waals surface area contributed by atoms with Crippen LogP contribution in [0.15, 0.2) is 53.5 Å². The molecule has 0 aliphatic carbocycles. The van der Waals surface area contributed by atoms with E-state index in [1.54, 1.807) is 0 Å². The molecule has 2 aromatic heterocycles. The molecule has 15 nitrogen and oxygen atoms in total. The van der Waals surface area contributed by atoms with Gasteiger partial charge < -0.3 is 42.5 Å². The lowest BCUT2D eigenvalue weighted by atomic mass is 10.1. The molecular weight excluding hydrogens is 630 g/mol. The Morgan fingerprint density at radius 3 is 1.38 bits per heavy atom. The Kier molecular flexibility index (Phi) is 14.6. The SMILES string of the molecule is CCCCNc1nc(NCc2cccc(CNc3nc(NCc4cccc(CN=C(N)N)c4)nc(N(CC)CC)n3)c2)nc(N(CC)CC)n1. The fraction of sp³-hybridized carbons (Fsp3) is 0.457. The average Bonchev–Trinajstić information content (AvgIpc) is 3.13. The van der Waals surface area contributed by atoms with Crippen molar-refractivity contribution in [3.05, 3.63) is 70.8 Å². The number of guanidine groups is 1. The molecule has 15 heteroatoms. The van der Waals surface area contributed by atoms with Crippen molar-refractivity contribution in [2.24, 2.45) is 16.5 Å². The van der Waals surface area contributed by atoms with Crippen LogP contribution in [0.2, 0.25) is 0 Å². The molecule has 2 aromatic carbocycles. The van der Waals surface area contributed by atoms with E-state index in [0.29, 0.717) is 61.9 Å². The quantitative estimate of drug-likeness (QED) is 0.0406. The number of unbranched alkanes of at least 4 members (excludes halogenated alkanes) is 1. The summed E-state index contributed by atoms with van der Waals surface area (Å²) in [5, 5.41) is 13.5. The van der Waals surface area contributed by atoms with Gasteiger partial charge >= 0.3 is 0 Å². The van der Waals surface area contributed by atoms with Gasteiger partial charge in [0.2, 0.25) is 35.7 Å². The number of nitrogens with two attached hydrogens (primary N) is 2. The fourth-order valence-corrected chi connectivity index (χ4v) is 5.13. The molecule has 0 saturated heterocycles. The summed E-state index contributed by atoms with van der Waals surface area (Å²) < 4.78 is 0. The summed E-state index contributed by atoms with van der Waals surface area (Å²) in [6.45, 7) is 16.6. The molecule has 0 spiro atoms. The zero-order valence-corrected chi connectivity index (χ0v) is 30.1. The van der Waals surface area contributed by atoms with Crippen molar-refractivity contribution in [1.82, 2.24) is 29.9 Å². The number of hydrogen-bond acceptors (Lipinski definition) is 13. The molecule has 50 heavy (non-hydrogen) atoms. The molecule has 0 bridgehead atoms. The maximum atomic E-state index is 5.50. The number of benzene rings is 2. The number of aromatic nitrogens is 6. The summed E-state index contributed by atoms with van der Waals surface area (Å²) in [7, 11) is 0. The fourth-order valence-electron chi connectivity index (χ4n) is 5.13. The molecule has 0 radical (unpaired) electrons. The van der Waals surface area contributed by atoms with Crippen molar-refractivity contribution in [3.8, 4) is 0 Å². The van der Waals surface area contributed by atoms with Crippen LogP contribution in [0.4, 0.5) is 35.7 Å². The zero-order valence-electron chi connectivity index (χ0n) is 30.1. The summed E-state index contributed by atoms with van der Waals surface area (Å²) in [4.78, 5) is 36.5. The Morgan fingerprint density at radius 2 is 0.980 bits per heavy atom.